The number of phenolic OH excluding ortho intramolecular Hbond substituents is 1. The molecule has 3 aromatic carbocycles. The molecule has 0 amide bonds. The Bertz CT molecular complexity index is 980. The summed E-state index contributed by atoms with van der Waals surface area (Å²) >= 11 is 18.2. The lowest BCUT2D eigenvalue weighted by atomic mass is 10.1. The number of phenols is 1. The normalized spacial score (nSPS) is 11.6. The Labute approximate surface area is 166 Å². The fraction of sp³-hybridized carbons (Fsp3) is 0.158. The summed E-state index contributed by atoms with van der Waals surface area (Å²) in [5.41, 5.74) is 0.526. The molecule has 26 heavy (non-hydrogen) atoms. The number of nitrogens with zero attached hydrogens (tertiary/aromatic N) is 2. The quantitative estimate of drug-likeness (QED) is 0.449. The highest BCUT2D eigenvalue weighted by atomic mass is 35.5. The molecular formula is C19H15Cl3N2O2. The summed E-state index contributed by atoms with van der Waals surface area (Å²) in [4.78, 5) is 0. The maximum Gasteiger partial charge on any atom is 0.151 e. The summed E-state index contributed by atoms with van der Waals surface area (Å²) in [5, 5.41) is 21.1. The second-order valence-electron chi connectivity index (χ2n) is 5.87. The van der Waals surface area contributed by atoms with Crippen LogP contribution in [0.5, 0.6) is 11.5 Å². The van der Waals surface area contributed by atoms with Gasteiger partial charge in [-0.05, 0) is 26.0 Å². The summed E-state index contributed by atoms with van der Waals surface area (Å²) in [6, 6.07) is 12.1. The molecule has 3 rings (SSSR count). The monoisotopic (exact) mass is 408 g/mol. The first-order valence-corrected chi connectivity index (χ1v) is 8.98. The first-order chi connectivity index (χ1) is 12.4. The minimum atomic E-state index is -0.0344. The van der Waals surface area contributed by atoms with Gasteiger partial charge in [0.1, 0.15) is 17.1 Å². The Hall–Kier alpha value is -2.01. The summed E-state index contributed by atoms with van der Waals surface area (Å²) in [7, 11) is 0. The van der Waals surface area contributed by atoms with Crippen molar-refractivity contribution in [3.63, 3.8) is 0 Å². The van der Waals surface area contributed by atoms with Crippen LogP contribution in [0.15, 0.2) is 52.7 Å². The van der Waals surface area contributed by atoms with Crippen molar-refractivity contribution < 1.29 is 9.84 Å². The van der Waals surface area contributed by atoms with Gasteiger partial charge < -0.3 is 9.84 Å². The largest absolute Gasteiger partial charge is 0.505 e. The van der Waals surface area contributed by atoms with Crippen molar-refractivity contribution in [2.75, 3.05) is 0 Å². The lowest BCUT2D eigenvalue weighted by Crippen LogP contribution is -2.05. The van der Waals surface area contributed by atoms with E-state index in [4.69, 9.17) is 39.5 Å². The lowest BCUT2D eigenvalue weighted by molar-refractivity contribution is 0.245. The molecule has 0 aromatic heterocycles. The van der Waals surface area contributed by atoms with Crippen molar-refractivity contribution in [3.05, 3.63) is 57.5 Å². The van der Waals surface area contributed by atoms with Gasteiger partial charge in [0.25, 0.3) is 0 Å². The summed E-state index contributed by atoms with van der Waals surface area (Å²) in [6.45, 7) is 3.85. The third-order valence-electron chi connectivity index (χ3n) is 3.56. The van der Waals surface area contributed by atoms with Crippen LogP contribution in [0.25, 0.3) is 10.8 Å². The molecule has 0 unspecified atom stereocenters. The number of azo groups is 1. The van der Waals surface area contributed by atoms with Gasteiger partial charge in [-0.3, -0.25) is 0 Å². The van der Waals surface area contributed by atoms with Gasteiger partial charge in [0.15, 0.2) is 5.75 Å². The van der Waals surface area contributed by atoms with Crippen LogP contribution in [-0.4, -0.2) is 11.2 Å². The zero-order chi connectivity index (χ0) is 18.8. The second-order valence-corrected chi connectivity index (χ2v) is 7.12. The number of rotatable bonds is 4. The number of fused-ring (bicyclic) bond motifs is 1. The molecule has 134 valence electrons. The molecule has 0 aliphatic carbocycles. The minimum Gasteiger partial charge on any atom is -0.505 e. The molecule has 0 aliphatic rings. The Morgan fingerprint density at radius 2 is 1.54 bits per heavy atom. The Morgan fingerprint density at radius 1 is 0.923 bits per heavy atom. The molecule has 0 spiro atoms. The van der Waals surface area contributed by atoms with Gasteiger partial charge in [-0.1, -0.05) is 59.1 Å². The number of benzene rings is 3. The maximum absolute atomic E-state index is 10.6. The van der Waals surface area contributed by atoms with Gasteiger partial charge in [-0.2, -0.15) is 0 Å². The minimum absolute atomic E-state index is 0.00154. The van der Waals surface area contributed by atoms with E-state index in [1.165, 1.54) is 12.1 Å². The van der Waals surface area contributed by atoms with E-state index in [-0.39, 0.29) is 33.3 Å². The third-order valence-corrected chi connectivity index (χ3v) is 4.35. The van der Waals surface area contributed by atoms with Gasteiger partial charge in [-0.15, -0.1) is 10.2 Å². The van der Waals surface area contributed by atoms with Gasteiger partial charge in [-0.25, -0.2) is 0 Å². The highest BCUT2D eigenvalue weighted by molar-refractivity contribution is 6.41. The molecule has 7 heteroatoms. The summed E-state index contributed by atoms with van der Waals surface area (Å²) < 4.78 is 5.86. The zero-order valence-electron chi connectivity index (χ0n) is 14.0. The molecule has 0 saturated heterocycles. The van der Waals surface area contributed by atoms with Gasteiger partial charge in [0.2, 0.25) is 0 Å². The summed E-state index contributed by atoms with van der Waals surface area (Å²) in [5.74, 6) is 0.609. The fourth-order valence-electron chi connectivity index (χ4n) is 2.47. The Balaban J connectivity index is 2.12. The van der Waals surface area contributed by atoms with E-state index in [0.29, 0.717) is 16.2 Å². The van der Waals surface area contributed by atoms with Crippen molar-refractivity contribution in [2.24, 2.45) is 10.2 Å². The molecular weight excluding hydrogens is 395 g/mol. The average molecular weight is 410 g/mol. The SMILES string of the molecule is CC(C)Oc1cc(N=Nc2c(Cl)cc(Cl)cc2Cl)c(O)c2ccccc12. The standard InChI is InChI=1S/C19H15Cl3N2O2/c1-10(2)26-17-9-16(19(25)13-6-4-3-5-12(13)17)23-24-18-14(21)7-11(20)8-15(18)22/h3-10,25H,1-2H3. The van der Waals surface area contributed by atoms with E-state index in [1.54, 1.807) is 12.1 Å². The van der Waals surface area contributed by atoms with Crippen molar-refractivity contribution in [3.8, 4) is 11.5 Å². The predicted molar refractivity (Wildman–Crippen MR) is 107 cm³/mol. The highest BCUT2D eigenvalue weighted by Gasteiger charge is 2.14. The maximum atomic E-state index is 10.6. The molecule has 0 heterocycles. The number of hydrogen-bond acceptors (Lipinski definition) is 4. The number of hydrogen-bond donors (Lipinski definition) is 1. The molecule has 4 nitrogen and oxygen atoms in total. The smallest absolute Gasteiger partial charge is 0.151 e. The van der Waals surface area contributed by atoms with Crippen LogP contribution in [-0.2, 0) is 0 Å². The first kappa shape index (κ1) is 18.8. The Morgan fingerprint density at radius 3 is 2.15 bits per heavy atom. The van der Waals surface area contributed by atoms with Crippen LogP contribution >= 0.6 is 34.8 Å². The molecule has 1 N–H and O–H groups in total. The van der Waals surface area contributed by atoms with Crippen LogP contribution in [0.2, 0.25) is 15.1 Å². The highest BCUT2D eigenvalue weighted by Crippen LogP contribution is 2.43. The first-order valence-electron chi connectivity index (χ1n) is 7.84. The Kier molecular flexibility index (Phi) is 5.56. The van der Waals surface area contributed by atoms with Crippen LogP contribution in [0.3, 0.4) is 0 Å². The molecule has 0 fully saturated rings. The molecule has 0 saturated carbocycles. The van der Waals surface area contributed by atoms with Crippen molar-refractivity contribution >= 4 is 57.0 Å². The molecule has 0 atom stereocenters. The van der Waals surface area contributed by atoms with E-state index in [2.05, 4.69) is 10.2 Å². The van der Waals surface area contributed by atoms with Crippen LogP contribution in [0, 0.1) is 0 Å². The van der Waals surface area contributed by atoms with Crippen LogP contribution in [0.4, 0.5) is 11.4 Å². The van der Waals surface area contributed by atoms with Crippen molar-refractivity contribution in [2.45, 2.75) is 20.0 Å². The van der Waals surface area contributed by atoms with Crippen molar-refractivity contribution in [1.82, 2.24) is 0 Å². The van der Waals surface area contributed by atoms with Crippen molar-refractivity contribution in [1.29, 1.82) is 0 Å². The van der Waals surface area contributed by atoms with E-state index in [1.807, 2.05) is 32.0 Å². The second kappa shape index (κ2) is 7.70. The van der Waals surface area contributed by atoms with E-state index >= 15 is 0 Å². The molecule has 3 aromatic rings. The van der Waals surface area contributed by atoms with Crippen LogP contribution in [0.1, 0.15) is 13.8 Å². The zero-order valence-corrected chi connectivity index (χ0v) is 16.3. The van der Waals surface area contributed by atoms with Gasteiger partial charge in [0.05, 0.1) is 16.1 Å². The molecule has 0 bridgehead atoms. The van der Waals surface area contributed by atoms with Gasteiger partial charge in [0, 0.05) is 21.9 Å². The lowest BCUT2D eigenvalue weighted by Gasteiger charge is -2.14. The van der Waals surface area contributed by atoms with Gasteiger partial charge >= 0.3 is 0 Å². The average Bonchev–Trinajstić information content (AvgIpc) is 2.57. The summed E-state index contributed by atoms with van der Waals surface area (Å²) in [6.07, 6.45) is -0.0344. The molecule has 0 aliphatic heterocycles. The predicted octanol–water partition coefficient (Wildman–Crippen LogP) is 7.71. The molecule has 0 radical (unpaired) electrons. The third kappa shape index (κ3) is 3.88. The number of ether oxygens (including phenoxy) is 1. The fourth-order valence-corrected chi connectivity index (χ4v) is 3.37. The van der Waals surface area contributed by atoms with E-state index in [0.717, 1.165) is 5.39 Å². The number of halogens is 3. The van der Waals surface area contributed by atoms with E-state index in [9.17, 15) is 5.11 Å². The number of aromatic hydroxyl groups is 1. The van der Waals surface area contributed by atoms with E-state index < -0.39 is 0 Å². The topological polar surface area (TPSA) is 54.2 Å². The van der Waals surface area contributed by atoms with Crippen LogP contribution < -0.4 is 4.74 Å².